The van der Waals surface area contributed by atoms with E-state index >= 15 is 0 Å². The highest BCUT2D eigenvalue weighted by molar-refractivity contribution is 5.98. The van der Waals surface area contributed by atoms with Crippen LogP contribution in [0.3, 0.4) is 0 Å². The van der Waals surface area contributed by atoms with Gasteiger partial charge >= 0.3 is 6.09 Å². The number of ether oxygens (including phenoxy) is 1. The van der Waals surface area contributed by atoms with Crippen molar-refractivity contribution >= 4 is 34.3 Å². The molecule has 2 aromatic carbocycles. The Morgan fingerprint density at radius 2 is 1.64 bits per heavy atom. The molecule has 0 radical (unpaired) electrons. The standard InChI is InChI=1S/C34H45N9O2/c1-34(2,3)45-33(44)39-28-8-6-5-7-24(28)21-36-25-11-9-23(10-12-25)30-29-31(35)37-22-38-32(29)43(40-30)27-15-13-26(14-16-27)42-19-17-41(4)18-20-42/h5-12,22,26-27,36H,13-21H2,1-4H3,(H,39,44)(H2,35,37,38). The summed E-state index contributed by atoms with van der Waals surface area (Å²) in [5.41, 5.74) is 11.0. The number of nitrogens with zero attached hydrogens (tertiary/aromatic N) is 6. The molecule has 1 saturated heterocycles. The van der Waals surface area contributed by atoms with Gasteiger partial charge in [0.25, 0.3) is 0 Å². The highest BCUT2D eigenvalue weighted by Crippen LogP contribution is 2.37. The smallest absolute Gasteiger partial charge is 0.412 e. The lowest BCUT2D eigenvalue weighted by atomic mass is 9.90. The summed E-state index contributed by atoms with van der Waals surface area (Å²) in [6.07, 6.45) is 5.55. The number of nitrogen functional groups attached to an aromatic ring is 1. The van der Waals surface area contributed by atoms with E-state index in [2.05, 4.69) is 54.3 Å². The van der Waals surface area contributed by atoms with Crippen LogP contribution in [0.1, 0.15) is 58.1 Å². The quantitative estimate of drug-likeness (QED) is 0.239. The van der Waals surface area contributed by atoms with Gasteiger partial charge in [-0.05, 0) is 77.3 Å². The van der Waals surface area contributed by atoms with Crippen molar-refractivity contribution in [1.29, 1.82) is 0 Å². The summed E-state index contributed by atoms with van der Waals surface area (Å²) in [6.45, 7) is 10.7. The fourth-order valence-electron chi connectivity index (χ4n) is 6.46. The maximum Gasteiger partial charge on any atom is 0.412 e. The molecular weight excluding hydrogens is 566 g/mol. The van der Waals surface area contributed by atoms with E-state index in [0.717, 1.165) is 72.6 Å². The van der Waals surface area contributed by atoms with Crippen molar-refractivity contribution in [2.24, 2.45) is 0 Å². The zero-order valence-electron chi connectivity index (χ0n) is 26.8. The first-order valence-electron chi connectivity index (χ1n) is 16.0. The molecule has 2 aliphatic rings. The van der Waals surface area contributed by atoms with Crippen molar-refractivity contribution in [3.63, 3.8) is 0 Å². The van der Waals surface area contributed by atoms with E-state index in [-0.39, 0.29) is 6.04 Å². The number of carbonyl (C=O) groups excluding carboxylic acids is 1. The minimum Gasteiger partial charge on any atom is -0.444 e. The molecule has 4 N–H and O–H groups in total. The molecule has 11 nitrogen and oxygen atoms in total. The monoisotopic (exact) mass is 611 g/mol. The highest BCUT2D eigenvalue weighted by Gasteiger charge is 2.30. The number of hydrogen-bond donors (Lipinski definition) is 3. The minimum absolute atomic E-state index is 0.287. The average Bonchev–Trinajstić information content (AvgIpc) is 3.41. The summed E-state index contributed by atoms with van der Waals surface area (Å²) < 4.78 is 7.53. The lowest BCUT2D eigenvalue weighted by Crippen LogP contribution is -2.49. The van der Waals surface area contributed by atoms with Crippen molar-refractivity contribution in [2.75, 3.05) is 49.6 Å². The van der Waals surface area contributed by atoms with Crippen molar-refractivity contribution in [3.05, 3.63) is 60.4 Å². The summed E-state index contributed by atoms with van der Waals surface area (Å²) in [5.74, 6) is 0.448. The minimum atomic E-state index is -0.568. The molecule has 45 heavy (non-hydrogen) atoms. The van der Waals surface area contributed by atoms with Crippen LogP contribution in [0.15, 0.2) is 54.9 Å². The number of para-hydroxylation sites is 1. The third-order valence-electron chi connectivity index (χ3n) is 8.88. The third kappa shape index (κ3) is 7.20. The van der Waals surface area contributed by atoms with Crippen molar-refractivity contribution in [1.82, 2.24) is 29.5 Å². The van der Waals surface area contributed by atoms with Crippen LogP contribution >= 0.6 is 0 Å². The molecule has 2 aromatic heterocycles. The van der Waals surface area contributed by atoms with Gasteiger partial charge in [0.15, 0.2) is 5.65 Å². The summed E-state index contributed by atoms with van der Waals surface area (Å²) in [6, 6.07) is 16.8. The number of aromatic nitrogens is 4. The molecule has 6 rings (SSSR count). The Hall–Kier alpha value is -4.22. The molecule has 11 heteroatoms. The first kappa shape index (κ1) is 30.8. The van der Waals surface area contributed by atoms with Crippen LogP contribution in [-0.2, 0) is 11.3 Å². The lowest BCUT2D eigenvalue weighted by molar-refractivity contribution is 0.0635. The van der Waals surface area contributed by atoms with Gasteiger partial charge in [-0.2, -0.15) is 5.10 Å². The molecule has 238 valence electrons. The number of likely N-dealkylation sites (N-methyl/N-ethyl adjacent to an activating group) is 1. The molecular formula is C34H45N9O2. The van der Waals surface area contributed by atoms with E-state index in [1.54, 1.807) is 0 Å². The van der Waals surface area contributed by atoms with Crippen LogP contribution < -0.4 is 16.4 Å². The van der Waals surface area contributed by atoms with Gasteiger partial charge in [-0.15, -0.1) is 0 Å². The number of nitrogens with two attached hydrogens (primary N) is 1. The topological polar surface area (TPSA) is 126 Å². The molecule has 4 aromatic rings. The number of rotatable bonds is 7. The van der Waals surface area contributed by atoms with Crippen molar-refractivity contribution in [2.45, 2.75) is 70.7 Å². The van der Waals surface area contributed by atoms with Crippen LogP contribution in [0.25, 0.3) is 22.3 Å². The second kappa shape index (κ2) is 13.0. The molecule has 1 aliphatic heterocycles. The largest absolute Gasteiger partial charge is 0.444 e. The van der Waals surface area contributed by atoms with Gasteiger partial charge in [0, 0.05) is 55.7 Å². The molecule has 0 bridgehead atoms. The van der Waals surface area contributed by atoms with Crippen LogP contribution in [-0.4, -0.2) is 80.5 Å². The first-order chi connectivity index (χ1) is 21.6. The number of amides is 1. The van der Waals surface area contributed by atoms with Gasteiger partial charge in [-0.1, -0.05) is 30.3 Å². The molecule has 1 saturated carbocycles. The van der Waals surface area contributed by atoms with Gasteiger partial charge in [0.1, 0.15) is 23.4 Å². The molecule has 0 unspecified atom stereocenters. The summed E-state index contributed by atoms with van der Waals surface area (Å²) in [5, 5.41) is 12.3. The number of fused-ring (bicyclic) bond motifs is 1. The Labute approximate surface area is 265 Å². The predicted molar refractivity (Wildman–Crippen MR) is 179 cm³/mol. The second-order valence-corrected chi connectivity index (χ2v) is 13.3. The Morgan fingerprint density at radius 3 is 2.36 bits per heavy atom. The molecule has 3 heterocycles. The van der Waals surface area contributed by atoms with E-state index in [9.17, 15) is 4.79 Å². The van der Waals surface area contributed by atoms with Gasteiger partial charge < -0.3 is 20.7 Å². The first-order valence-corrected chi connectivity index (χ1v) is 16.0. The van der Waals surface area contributed by atoms with Gasteiger partial charge in [0.2, 0.25) is 0 Å². The number of nitrogens with one attached hydrogen (secondary N) is 2. The van der Waals surface area contributed by atoms with E-state index < -0.39 is 11.7 Å². The Morgan fingerprint density at radius 1 is 0.956 bits per heavy atom. The zero-order valence-corrected chi connectivity index (χ0v) is 26.8. The molecule has 2 fully saturated rings. The normalized spacial score (nSPS) is 19.8. The molecule has 0 spiro atoms. The zero-order chi connectivity index (χ0) is 31.6. The lowest BCUT2D eigenvalue weighted by Gasteiger charge is -2.41. The molecule has 1 amide bonds. The number of hydrogen-bond acceptors (Lipinski definition) is 9. The number of piperazine rings is 1. The van der Waals surface area contributed by atoms with Gasteiger partial charge in [0.05, 0.1) is 11.4 Å². The summed E-state index contributed by atoms with van der Waals surface area (Å²) in [7, 11) is 2.21. The van der Waals surface area contributed by atoms with Crippen LogP contribution in [0.4, 0.5) is 22.0 Å². The highest BCUT2D eigenvalue weighted by atomic mass is 16.6. The number of benzene rings is 2. The van der Waals surface area contributed by atoms with E-state index in [0.29, 0.717) is 24.1 Å². The maximum atomic E-state index is 12.4. The third-order valence-corrected chi connectivity index (χ3v) is 8.88. The Kier molecular flexibility index (Phi) is 8.91. The van der Waals surface area contributed by atoms with Gasteiger partial charge in [-0.25, -0.2) is 19.4 Å². The molecule has 1 aliphatic carbocycles. The summed E-state index contributed by atoms with van der Waals surface area (Å²) >= 11 is 0. The predicted octanol–water partition coefficient (Wildman–Crippen LogP) is 5.77. The van der Waals surface area contributed by atoms with Crippen molar-refractivity contribution < 1.29 is 9.53 Å². The maximum absolute atomic E-state index is 12.4. The fourth-order valence-corrected chi connectivity index (χ4v) is 6.46. The van der Waals surface area contributed by atoms with E-state index in [1.165, 1.54) is 19.2 Å². The van der Waals surface area contributed by atoms with E-state index in [1.807, 2.05) is 57.2 Å². The SMILES string of the molecule is CN1CCN(C2CCC(n3nc(-c4ccc(NCc5ccccc5NC(=O)OC(C)(C)C)cc4)c4c(N)ncnc43)CC2)CC1. The second-order valence-electron chi connectivity index (χ2n) is 13.3. The fraction of sp³-hybridized carbons (Fsp3) is 0.471. The van der Waals surface area contributed by atoms with Gasteiger partial charge in [-0.3, -0.25) is 10.2 Å². The van der Waals surface area contributed by atoms with Crippen molar-refractivity contribution in [3.8, 4) is 11.3 Å². The van der Waals surface area contributed by atoms with Crippen LogP contribution in [0.2, 0.25) is 0 Å². The average molecular weight is 612 g/mol. The Bertz CT molecular complexity index is 1610. The Balaban J connectivity index is 1.15. The summed E-state index contributed by atoms with van der Waals surface area (Å²) in [4.78, 5) is 26.4. The van der Waals surface area contributed by atoms with Crippen LogP contribution in [0, 0.1) is 0 Å². The van der Waals surface area contributed by atoms with Crippen LogP contribution in [0.5, 0.6) is 0 Å². The van der Waals surface area contributed by atoms with E-state index in [4.69, 9.17) is 15.6 Å². The number of anilines is 3. The molecule has 0 atom stereocenters. The number of carbonyl (C=O) groups is 1.